The number of hydrogen-bond acceptors (Lipinski definition) is 8. The van der Waals surface area contributed by atoms with Crippen molar-refractivity contribution in [3.63, 3.8) is 0 Å². The van der Waals surface area contributed by atoms with E-state index < -0.39 is 0 Å². The number of rotatable bonds is 7. The summed E-state index contributed by atoms with van der Waals surface area (Å²) >= 11 is 1.56. The van der Waals surface area contributed by atoms with Crippen LogP contribution < -0.4 is 15.4 Å². The first-order valence-corrected chi connectivity index (χ1v) is 13.1. The van der Waals surface area contributed by atoms with Gasteiger partial charge in [0.15, 0.2) is 0 Å². The second kappa shape index (κ2) is 10.5. The second-order valence-corrected chi connectivity index (χ2v) is 10.3. The normalized spacial score (nSPS) is 17.6. The molecule has 0 amide bonds. The summed E-state index contributed by atoms with van der Waals surface area (Å²) < 4.78 is 7.23. The summed E-state index contributed by atoms with van der Waals surface area (Å²) in [4.78, 5) is 9.49. The fourth-order valence-corrected chi connectivity index (χ4v) is 5.50. The first-order chi connectivity index (χ1) is 17.5. The van der Waals surface area contributed by atoms with Gasteiger partial charge in [-0.25, -0.2) is 4.98 Å². The van der Waals surface area contributed by atoms with E-state index in [2.05, 4.69) is 16.7 Å². The number of aryl methyl sites for hydroxylation is 2. The van der Waals surface area contributed by atoms with Crippen molar-refractivity contribution in [2.45, 2.75) is 58.2 Å². The van der Waals surface area contributed by atoms with Gasteiger partial charge in [0.25, 0.3) is 0 Å². The first-order valence-electron chi connectivity index (χ1n) is 12.2. The van der Waals surface area contributed by atoms with Crippen LogP contribution in [0.2, 0.25) is 0 Å². The summed E-state index contributed by atoms with van der Waals surface area (Å²) in [6.07, 6.45) is 4.21. The van der Waals surface area contributed by atoms with E-state index in [1.807, 2.05) is 49.6 Å². The lowest BCUT2D eigenvalue weighted by molar-refractivity contribution is 0.352. The number of aromatic nitrogens is 2. The summed E-state index contributed by atoms with van der Waals surface area (Å²) in [5, 5.41) is 27.9. The van der Waals surface area contributed by atoms with Crippen molar-refractivity contribution in [3.8, 4) is 23.4 Å². The van der Waals surface area contributed by atoms with Gasteiger partial charge >= 0.3 is 0 Å². The molecule has 0 saturated heterocycles. The van der Waals surface area contributed by atoms with Crippen molar-refractivity contribution in [2.75, 3.05) is 5.32 Å². The minimum atomic E-state index is 0.295. The SMILES string of the molecule is Cc1cc(C#N)cc(C)c1Oc1nc(NC2CCC(NCc3ccc(O)cc3)CC2)nc2ccsc12. The summed E-state index contributed by atoms with van der Waals surface area (Å²) in [5.41, 5.74) is 4.47. The molecule has 0 aliphatic heterocycles. The lowest BCUT2D eigenvalue weighted by Crippen LogP contribution is -2.36. The molecule has 0 spiro atoms. The van der Waals surface area contributed by atoms with Crippen molar-refractivity contribution in [3.05, 3.63) is 70.1 Å². The molecule has 1 fully saturated rings. The van der Waals surface area contributed by atoms with Gasteiger partial charge < -0.3 is 20.5 Å². The maximum Gasteiger partial charge on any atom is 0.242 e. The molecule has 36 heavy (non-hydrogen) atoms. The van der Waals surface area contributed by atoms with E-state index in [9.17, 15) is 10.4 Å². The van der Waals surface area contributed by atoms with Crippen molar-refractivity contribution in [1.82, 2.24) is 15.3 Å². The molecule has 8 heteroatoms. The smallest absolute Gasteiger partial charge is 0.242 e. The lowest BCUT2D eigenvalue weighted by Gasteiger charge is -2.30. The van der Waals surface area contributed by atoms with Gasteiger partial charge in [0.1, 0.15) is 16.2 Å². The molecule has 2 aromatic heterocycles. The topological polar surface area (TPSA) is 103 Å². The Morgan fingerprint density at radius 2 is 1.72 bits per heavy atom. The van der Waals surface area contributed by atoms with Crippen LogP contribution in [0.1, 0.15) is 47.9 Å². The summed E-state index contributed by atoms with van der Waals surface area (Å²) in [6.45, 7) is 4.70. The second-order valence-electron chi connectivity index (χ2n) is 9.38. The average Bonchev–Trinajstić information content (AvgIpc) is 3.35. The van der Waals surface area contributed by atoms with Gasteiger partial charge in [-0.3, -0.25) is 0 Å². The highest BCUT2D eigenvalue weighted by Crippen LogP contribution is 2.36. The number of thiophene rings is 1. The Labute approximate surface area is 214 Å². The number of nitrogens with zero attached hydrogens (tertiary/aromatic N) is 3. The van der Waals surface area contributed by atoms with E-state index in [1.165, 1.54) is 5.56 Å². The molecular weight excluding hydrogens is 470 g/mol. The van der Waals surface area contributed by atoms with E-state index >= 15 is 0 Å². The number of nitrogens with one attached hydrogen (secondary N) is 2. The van der Waals surface area contributed by atoms with Crippen LogP contribution in [-0.2, 0) is 6.54 Å². The Kier molecular flexibility index (Phi) is 7.03. The Hall–Kier alpha value is -3.67. The maximum atomic E-state index is 9.45. The predicted molar refractivity (Wildman–Crippen MR) is 143 cm³/mol. The molecule has 0 atom stereocenters. The van der Waals surface area contributed by atoms with Crippen molar-refractivity contribution in [2.24, 2.45) is 0 Å². The van der Waals surface area contributed by atoms with E-state index in [0.717, 1.165) is 59.3 Å². The van der Waals surface area contributed by atoms with Crippen LogP contribution in [0.15, 0.2) is 47.8 Å². The van der Waals surface area contributed by atoms with Crippen LogP contribution in [-0.4, -0.2) is 27.2 Å². The molecule has 2 aromatic carbocycles. The number of phenols is 1. The van der Waals surface area contributed by atoms with E-state index in [0.29, 0.717) is 35.2 Å². The van der Waals surface area contributed by atoms with Crippen LogP contribution in [0.4, 0.5) is 5.95 Å². The van der Waals surface area contributed by atoms with Crippen molar-refractivity contribution < 1.29 is 9.84 Å². The lowest BCUT2D eigenvalue weighted by atomic mass is 9.91. The fraction of sp³-hybridized carbons (Fsp3) is 0.321. The van der Waals surface area contributed by atoms with E-state index in [1.54, 1.807) is 23.5 Å². The molecule has 1 aliphatic carbocycles. The number of ether oxygens (including phenoxy) is 1. The number of aromatic hydroxyl groups is 1. The molecule has 0 radical (unpaired) electrons. The van der Waals surface area contributed by atoms with Gasteiger partial charge in [-0.2, -0.15) is 10.2 Å². The van der Waals surface area contributed by atoms with Crippen LogP contribution in [0.25, 0.3) is 10.2 Å². The van der Waals surface area contributed by atoms with Crippen LogP contribution in [0.5, 0.6) is 17.4 Å². The number of nitriles is 1. The van der Waals surface area contributed by atoms with Gasteiger partial charge in [-0.1, -0.05) is 12.1 Å². The zero-order chi connectivity index (χ0) is 25.1. The zero-order valence-corrected chi connectivity index (χ0v) is 21.2. The molecule has 1 saturated carbocycles. The summed E-state index contributed by atoms with van der Waals surface area (Å²) in [7, 11) is 0. The highest BCUT2D eigenvalue weighted by Gasteiger charge is 2.22. The van der Waals surface area contributed by atoms with Crippen molar-refractivity contribution in [1.29, 1.82) is 5.26 Å². The first kappa shape index (κ1) is 24.0. The number of hydrogen-bond donors (Lipinski definition) is 3. The maximum absolute atomic E-state index is 9.45. The molecule has 184 valence electrons. The molecule has 1 aliphatic rings. The number of fused-ring (bicyclic) bond motifs is 1. The van der Waals surface area contributed by atoms with Crippen LogP contribution >= 0.6 is 11.3 Å². The quantitative estimate of drug-likeness (QED) is 0.278. The Balaban J connectivity index is 1.24. The Morgan fingerprint density at radius 1 is 1.03 bits per heavy atom. The van der Waals surface area contributed by atoms with Crippen molar-refractivity contribution >= 4 is 27.5 Å². The molecule has 5 rings (SSSR count). The average molecular weight is 500 g/mol. The number of phenolic OH excluding ortho intramolecular Hbond substituents is 1. The molecule has 0 bridgehead atoms. The molecule has 2 heterocycles. The fourth-order valence-electron chi connectivity index (χ4n) is 4.74. The van der Waals surface area contributed by atoms with Crippen LogP contribution in [0, 0.1) is 25.2 Å². The molecule has 3 N–H and O–H groups in total. The largest absolute Gasteiger partial charge is 0.508 e. The van der Waals surface area contributed by atoms with E-state index in [4.69, 9.17) is 14.7 Å². The van der Waals surface area contributed by atoms with Gasteiger partial charge in [0, 0.05) is 18.6 Å². The third kappa shape index (κ3) is 5.43. The molecule has 0 unspecified atom stereocenters. The minimum Gasteiger partial charge on any atom is -0.508 e. The van der Waals surface area contributed by atoms with E-state index in [-0.39, 0.29) is 0 Å². The third-order valence-corrected chi connectivity index (χ3v) is 7.54. The summed E-state index contributed by atoms with van der Waals surface area (Å²) in [5.74, 6) is 2.15. The molecule has 4 aromatic rings. The van der Waals surface area contributed by atoms with Gasteiger partial charge in [0.05, 0.1) is 17.1 Å². The third-order valence-electron chi connectivity index (χ3n) is 6.65. The standard InChI is InChI=1S/C28H29N5O2S/c1-17-13-20(15-29)14-18(2)25(17)35-27-26-24(11-12-36-26)32-28(33-27)31-22-7-5-21(6-8-22)30-16-19-3-9-23(34)10-4-19/h3-4,9-14,21-22,30,34H,5-8,16H2,1-2H3,(H,31,32,33). The molecule has 7 nitrogen and oxygen atoms in total. The minimum absolute atomic E-state index is 0.295. The van der Waals surface area contributed by atoms with Gasteiger partial charge in [-0.05, 0) is 91.9 Å². The zero-order valence-electron chi connectivity index (χ0n) is 20.4. The Morgan fingerprint density at radius 3 is 2.42 bits per heavy atom. The number of anilines is 1. The molecular formula is C28H29N5O2S. The van der Waals surface area contributed by atoms with Crippen LogP contribution in [0.3, 0.4) is 0 Å². The van der Waals surface area contributed by atoms with Gasteiger partial charge in [0.2, 0.25) is 11.8 Å². The highest BCUT2D eigenvalue weighted by molar-refractivity contribution is 7.17. The Bertz CT molecular complexity index is 1380. The monoisotopic (exact) mass is 499 g/mol. The number of benzene rings is 2. The predicted octanol–water partition coefficient (Wildman–Crippen LogP) is 6.19. The van der Waals surface area contributed by atoms with Gasteiger partial charge in [-0.15, -0.1) is 11.3 Å². The summed E-state index contributed by atoms with van der Waals surface area (Å²) in [6, 6.07) is 16.0. The highest BCUT2D eigenvalue weighted by atomic mass is 32.1.